The third kappa shape index (κ3) is 2.86. The highest BCUT2D eigenvalue weighted by Gasteiger charge is 2.03. The average Bonchev–Trinajstić information content (AvgIpc) is 2.62. The van der Waals surface area contributed by atoms with Crippen LogP contribution in [0.25, 0.3) is 0 Å². The SMILES string of the molecule is CNC(C)c1ccn(CCOC)c1. The van der Waals surface area contributed by atoms with Gasteiger partial charge in [-0.25, -0.2) is 0 Å². The Bertz CT molecular complexity index is 245. The second kappa shape index (κ2) is 5.04. The third-order valence-electron chi connectivity index (χ3n) is 2.26. The normalized spacial score (nSPS) is 13.2. The Kier molecular flexibility index (Phi) is 3.99. The second-order valence-corrected chi connectivity index (χ2v) is 3.19. The van der Waals surface area contributed by atoms with Crippen LogP contribution in [0.1, 0.15) is 18.5 Å². The maximum absolute atomic E-state index is 5.01. The van der Waals surface area contributed by atoms with E-state index in [1.54, 1.807) is 7.11 Å². The summed E-state index contributed by atoms with van der Waals surface area (Å²) in [5.74, 6) is 0. The number of ether oxygens (including phenoxy) is 1. The number of hydrogen-bond donors (Lipinski definition) is 1. The minimum absolute atomic E-state index is 0.420. The van der Waals surface area contributed by atoms with Crippen molar-refractivity contribution in [3.05, 3.63) is 24.0 Å². The first-order valence-corrected chi connectivity index (χ1v) is 4.59. The van der Waals surface area contributed by atoms with Crippen LogP contribution in [0.5, 0.6) is 0 Å². The summed E-state index contributed by atoms with van der Waals surface area (Å²) in [6.45, 7) is 3.84. The zero-order chi connectivity index (χ0) is 9.68. The largest absolute Gasteiger partial charge is 0.383 e. The topological polar surface area (TPSA) is 26.2 Å². The molecule has 1 heterocycles. The fraction of sp³-hybridized carbons (Fsp3) is 0.600. The lowest BCUT2D eigenvalue weighted by Gasteiger charge is -2.06. The van der Waals surface area contributed by atoms with E-state index in [1.807, 2.05) is 7.05 Å². The van der Waals surface area contributed by atoms with Crippen LogP contribution in [0, 0.1) is 0 Å². The Labute approximate surface area is 79.7 Å². The predicted molar refractivity (Wildman–Crippen MR) is 53.8 cm³/mol. The van der Waals surface area contributed by atoms with E-state index in [2.05, 4.69) is 35.3 Å². The van der Waals surface area contributed by atoms with Gasteiger partial charge in [-0.3, -0.25) is 0 Å². The average molecular weight is 182 g/mol. The minimum atomic E-state index is 0.420. The monoisotopic (exact) mass is 182 g/mol. The highest BCUT2D eigenvalue weighted by molar-refractivity contribution is 5.14. The molecule has 0 bridgehead atoms. The summed E-state index contributed by atoms with van der Waals surface area (Å²) in [5, 5.41) is 3.21. The molecule has 0 aliphatic carbocycles. The Balaban J connectivity index is 2.53. The van der Waals surface area contributed by atoms with Crippen LogP contribution in [0.4, 0.5) is 0 Å². The van der Waals surface area contributed by atoms with E-state index < -0.39 is 0 Å². The van der Waals surface area contributed by atoms with Gasteiger partial charge in [0.05, 0.1) is 6.61 Å². The van der Waals surface area contributed by atoms with Gasteiger partial charge in [0.15, 0.2) is 0 Å². The van der Waals surface area contributed by atoms with Crippen LogP contribution in [0.2, 0.25) is 0 Å². The molecular weight excluding hydrogens is 164 g/mol. The first-order chi connectivity index (χ1) is 6.27. The summed E-state index contributed by atoms with van der Waals surface area (Å²) >= 11 is 0. The van der Waals surface area contributed by atoms with Crippen LogP contribution in [0.3, 0.4) is 0 Å². The van der Waals surface area contributed by atoms with E-state index in [0.29, 0.717) is 6.04 Å². The molecule has 0 aliphatic heterocycles. The van der Waals surface area contributed by atoms with Gasteiger partial charge in [0, 0.05) is 32.1 Å². The van der Waals surface area contributed by atoms with Gasteiger partial charge in [0.2, 0.25) is 0 Å². The highest BCUT2D eigenvalue weighted by Crippen LogP contribution is 2.11. The fourth-order valence-electron chi connectivity index (χ4n) is 1.22. The van der Waals surface area contributed by atoms with Crippen molar-refractivity contribution in [3.63, 3.8) is 0 Å². The molecule has 0 radical (unpaired) electrons. The maximum atomic E-state index is 5.01. The third-order valence-corrected chi connectivity index (χ3v) is 2.26. The van der Waals surface area contributed by atoms with Crippen molar-refractivity contribution in [1.29, 1.82) is 0 Å². The summed E-state index contributed by atoms with van der Waals surface area (Å²) in [5.41, 5.74) is 1.32. The molecule has 74 valence electrons. The van der Waals surface area contributed by atoms with Crippen molar-refractivity contribution in [2.24, 2.45) is 0 Å². The molecule has 0 spiro atoms. The van der Waals surface area contributed by atoms with Gasteiger partial charge < -0.3 is 14.6 Å². The molecular formula is C10H18N2O. The quantitative estimate of drug-likeness (QED) is 0.745. The molecule has 0 amide bonds. The predicted octanol–water partition coefficient (Wildman–Crippen LogP) is 1.41. The Morgan fingerprint density at radius 3 is 3.00 bits per heavy atom. The summed E-state index contributed by atoms with van der Waals surface area (Å²) in [4.78, 5) is 0. The number of hydrogen-bond acceptors (Lipinski definition) is 2. The van der Waals surface area contributed by atoms with E-state index in [4.69, 9.17) is 4.74 Å². The number of nitrogens with zero attached hydrogens (tertiary/aromatic N) is 1. The van der Waals surface area contributed by atoms with Gasteiger partial charge >= 0.3 is 0 Å². The number of methoxy groups -OCH3 is 1. The molecule has 1 unspecified atom stereocenters. The van der Waals surface area contributed by atoms with Gasteiger partial charge in [-0.15, -0.1) is 0 Å². The van der Waals surface area contributed by atoms with Crippen molar-refractivity contribution in [2.45, 2.75) is 19.5 Å². The summed E-state index contributed by atoms with van der Waals surface area (Å²) < 4.78 is 7.15. The smallest absolute Gasteiger partial charge is 0.0641 e. The molecule has 13 heavy (non-hydrogen) atoms. The Morgan fingerprint density at radius 2 is 2.38 bits per heavy atom. The number of rotatable bonds is 5. The molecule has 0 aliphatic rings. The van der Waals surface area contributed by atoms with Crippen LogP contribution in [-0.4, -0.2) is 25.3 Å². The Morgan fingerprint density at radius 1 is 1.62 bits per heavy atom. The Hall–Kier alpha value is -0.800. The minimum Gasteiger partial charge on any atom is -0.383 e. The van der Waals surface area contributed by atoms with Crippen LogP contribution in [0.15, 0.2) is 18.5 Å². The fourth-order valence-corrected chi connectivity index (χ4v) is 1.22. The van der Waals surface area contributed by atoms with E-state index in [0.717, 1.165) is 13.2 Å². The molecule has 1 aromatic rings. The lowest BCUT2D eigenvalue weighted by molar-refractivity contribution is 0.187. The van der Waals surface area contributed by atoms with E-state index in [-0.39, 0.29) is 0 Å². The molecule has 0 saturated carbocycles. The molecule has 3 nitrogen and oxygen atoms in total. The van der Waals surface area contributed by atoms with E-state index in [9.17, 15) is 0 Å². The van der Waals surface area contributed by atoms with Crippen molar-refractivity contribution in [1.82, 2.24) is 9.88 Å². The van der Waals surface area contributed by atoms with Crippen molar-refractivity contribution in [3.8, 4) is 0 Å². The summed E-state index contributed by atoms with van der Waals surface area (Å²) in [6, 6.07) is 2.56. The van der Waals surface area contributed by atoms with Crippen LogP contribution in [-0.2, 0) is 11.3 Å². The number of aromatic nitrogens is 1. The van der Waals surface area contributed by atoms with Gasteiger partial charge in [-0.05, 0) is 25.6 Å². The molecule has 0 aromatic carbocycles. The van der Waals surface area contributed by atoms with Gasteiger partial charge in [-0.2, -0.15) is 0 Å². The number of nitrogens with one attached hydrogen (secondary N) is 1. The molecule has 1 N–H and O–H groups in total. The molecule has 0 fully saturated rings. The maximum Gasteiger partial charge on any atom is 0.0641 e. The van der Waals surface area contributed by atoms with Gasteiger partial charge in [0.25, 0.3) is 0 Å². The molecule has 3 heteroatoms. The van der Waals surface area contributed by atoms with Crippen molar-refractivity contribution < 1.29 is 4.74 Å². The molecule has 0 saturated heterocycles. The van der Waals surface area contributed by atoms with Crippen molar-refractivity contribution >= 4 is 0 Å². The first kappa shape index (κ1) is 10.3. The summed E-state index contributed by atoms with van der Waals surface area (Å²) in [6.07, 6.45) is 4.24. The standard InChI is InChI=1S/C10H18N2O/c1-9(11-2)10-4-5-12(8-10)6-7-13-3/h4-5,8-9,11H,6-7H2,1-3H3. The lowest BCUT2D eigenvalue weighted by Crippen LogP contribution is -2.11. The molecule has 1 rings (SSSR count). The molecule has 1 atom stereocenters. The first-order valence-electron chi connectivity index (χ1n) is 4.59. The van der Waals surface area contributed by atoms with Gasteiger partial charge in [0.1, 0.15) is 0 Å². The van der Waals surface area contributed by atoms with E-state index >= 15 is 0 Å². The second-order valence-electron chi connectivity index (χ2n) is 3.19. The summed E-state index contributed by atoms with van der Waals surface area (Å²) in [7, 11) is 3.69. The van der Waals surface area contributed by atoms with Gasteiger partial charge in [-0.1, -0.05) is 0 Å². The zero-order valence-electron chi connectivity index (χ0n) is 8.58. The van der Waals surface area contributed by atoms with Crippen LogP contribution >= 0.6 is 0 Å². The van der Waals surface area contributed by atoms with E-state index in [1.165, 1.54) is 5.56 Å². The molecule has 1 aromatic heterocycles. The zero-order valence-corrected chi connectivity index (χ0v) is 8.58. The lowest BCUT2D eigenvalue weighted by atomic mass is 10.2. The van der Waals surface area contributed by atoms with Crippen molar-refractivity contribution in [2.75, 3.05) is 20.8 Å². The highest BCUT2D eigenvalue weighted by atomic mass is 16.5. The van der Waals surface area contributed by atoms with Crippen LogP contribution < -0.4 is 5.32 Å².